The Morgan fingerprint density at radius 3 is 2.58 bits per heavy atom. The van der Waals surface area contributed by atoms with Crippen LogP contribution in [0.5, 0.6) is 0 Å². The normalized spacial score (nSPS) is 10.2. The van der Waals surface area contributed by atoms with Crippen molar-refractivity contribution in [3.63, 3.8) is 0 Å². The second-order valence-electron chi connectivity index (χ2n) is 3.17. The fourth-order valence-corrected chi connectivity index (χ4v) is 1.38. The predicted octanol–water partition coefficient (Wildman–Crippen LogP) is 2.44. The molecule has 0 unspecified atom stereocenters. The minimum Gasteiger partial charge on any atom is -0.392 e. The lowest BCUT2D eigenvalue weighted by molar-refractivity contribution is 0.281. The molecule has 0 fully saturated rings. The van der Waals surface area contributed by atoms with Gasteiger partial charge in [-0.3, -0.25) is 0 Å². The van der Waals surface area contributed by atoms with Crippen LogP contribution in [0.15, 0.2) is 18.2 Å². The zero-order valence-electron chi connectivity index (χ0n) is 7.80. The molecule has 0 bridgehead atoms. The molecule has 0 radical (unpaired) electrons. The molecule has 0 atom stereocenters. The van der Waals surface area contributed by atoms with Crippen LogP contribution in [0.2, 0.25) is 0 Å². The lowest BCUT2D eigenvalue weighted by Crippen LogP contribution is -1.91. The summed E-state index contributed by atoms with van der Waals surface area (Å²) in [5.74, 6) is 0. The molecule has 1 nitrogen and oxygen atoms in total. The summed E-state index contributed by atoms with van der Waals surface area (Å²) in [7, 11) is 0. The molecule has 0 spiro atoms. The number of aliphatic hydroxyl groups is 1. The third-order valence-corrected chi connectivity index (χ3v) is 2.12. The van der Waals surface area contributed by atoms with E-state index in [0.29, 0.717) is 0 Å². The lowest BCUT2D eigenvalue weighted by Gasteiger charge is -2.04. The minimum atomic E-state index is 0.151. The Hall–Kier alpha value is -0.820. The van der Waals surface area contributed by atoms with E-state index >= 15 is 0 Å². The van der Waals surface area contributed by atoms with Crippen molar-refractivity contribution in [2.75, 3.05) is 0 Å². The Labute approximate surface area is 74.1 Å². The highest BCUT2D eigenvalue weighted by Gasteiger charge is 1.97. The third-order valence-electron chi connectivity index (χ3n) is 2.12. The molecule has 0 saturated heterocycles. The van der Waals surface area contributed by atoms with Gasteiger partial charge in [-0.15, -0.1) is 0 Å². The maximum atomic E-state index is 8.94. The number of hydrogen-bond donors (Lipinski definition) is 1. The Balaban J connectivity index is 2.86. The van der Waals surface area contributed by atoms with Gasteiger partial charge < -0.3 is 5.11 Å². The van der Waals surface area contributed by atoms with Crippen molar-refractivity contribution >= 4 is 0 Å². The van der Waals surface area contributed by atoms with E-state index in [1.807, 2.05) is 13.0 Å². The van der Waals surface area contributed by atoms with Crippen LogP contribution in [-0.2, 0) is 13.0 Å². The van der Waals surface area contributed by atoms with Crippen LogP contribution in [0.3, 0.4) is 0 Å². The van der Waals surface area contributed by atoms with Gasteiger partial charge in [-0.2, -0.15) is 0 Å². The summed E-state index contributed by atoms with van der Waals surface area (Å²) in [6.07, 6.45) is 2.31. The monoisotopic (exact) mass is 164 g/mol. The van der Waals surface area contributed by atoms with E-state index in [1.54, 1.807) is 0 Å². The predicted molar refractivity (Wildman–Crippen MR) is 51.1 cm³/mol. The maximum Gasteiger partial charge on any atom is 0.0684 e. The molecule has 1 aromatic carbocycles. The van der Waals surface area contributed by atoms with Gasteiger partial charge in [0.2, 0.25) is 0 Å². The quantitative estimate of drug-likeness (QED) is 0.727. The molecule has 0 aliphatic carbocycles. The van der Waals surface area contributed by atoms with Crippen LogP contribution in [0.4, 0.5) is 0 Å². The molecule has 0 saturated carbocycles. The van der Waals surface area contributed by atoms with Gasteiger partial charge in [0.1, 0.15) is 0 Å². The first kappa shape index (κ1) is 9.27. The largest absolute Gasteiger partial charge is 0.392 e. The van der Waals surface area contributed by atoms with E-state index in [0.717, 1.165) is 12.0 Å². The molecule has 1 heteroatoms. The van der Waals surface area contributed by atoms with Gasteiger partial charge in [-0.25, -0.2) is 0 Å². The van der Waals surface area contributed by atoms with Crippen LogP contribution in [0.1, 0.15) is 30.0 Å². The van der Waals surface area contributed by atoms with Crippen molar-refractivity contribution in [1.29, 1.82) is 0 Å². The number of benzene rings is 1. The molecular formula is C11H16O. The number of rotatable bonds is 3. The molecule has 1 rings (SSSR count). The lowest BCUT2D eigenvalue weighted by atomic mass is 10.0. The summed E-state index contributed by atoms with van der Waals surface area (Å²) in [5, 5.41) is 8.94. The average molecular weight is 164 g/mol. The topological polar surface area (TPSA) is 20.2 Å². The maximum absolute atomic E-state index is 8.94. The van der Waals surface area contributed by atoms with Gasteiger partial charge in [0.15, 0.2) is 0 Å². The van der Waals surface area contributed by atoms with Crippen LogP contribution in [0.25, 0.3) is 0 Å². The Bertz CT molecular complexity index is 253. The Morgan fingerprint density at radius 2 is 2.08 bits per heavy atom. The van der Waals surface area contributed by atoms with Crippen molar-refractivity contribution < 1.29 is 5.11 Å². The molecule has 0 amide bonds. The Kier molecular flexibility index (Phi) is 3.30. The zero-order chi connectivity index (χ0) is 8.97. The molecule has 0 aromatic heterocycles. The molecule has 1 aromatic rings. The molecule has 0 aliphatic heterocycles. The van der Waals surface area contributed by atoms with E-state index in [-0.39, 0.29) is 6.61 Å². The molecule has 12 heavy (non-hydrogen) atoms. The van der Waals surface area contributed by atoms with Gasteiger partial charge in [0.25, 0.3) is 0 Å². The highest BCUT2D eigenvalue weighted by Crippen LogP contribution is 2.12. The first-order valence-electron chi connectivity index (χ1n) is 4.47. The zero-order valence-corrected chi connectivity index (χ0v) is 7.80. The van der Waals surface area contributed by atoms with Gasteiger partial charge in [0, 0.05) is 0 Å². The van der Waals surface area contributed by atoms with Crippen LogP contribution >= 0.6 is 0 Å². The van der Waals surface area contributed by atoms with E-state index in [2.05, 4.69) is 19.1 Å². The second-order valence-corrected chi connectivity index (χ2v) is 3.17. The van der Waals surface area contributed by atoms with Crippen molar-refractivity contribution in [3.05, 3.63) is 34.9 Å². The van der Waals surface area contributed by atoms with Crippen molar-refractivity contribution in [3.8, 4) is 0 Å². The van der Waals surface area contributed by atoms with Crippen molar-refractivity contribution in [2.45, 2.75) is 33.3 Å². The van der Waals surface area contributed by atoms with Crippen molar-refractivity contribution in [2.24, 2.45) is 0 Å². The SMILES string of the molecule is CCCc1ccc(CO)c(C)c1. The van der Waals surface area contributed by atoms with Crippen LogP contribution < -0.4 is 0 Å². The number of aryl methyl sites for hydroxylation is 2. The smallest absolute Gasteiger partial charge is 0.0684 e. The summed E-state index contributed by atoms with van der Waals surface area (Å²) in [6, 6.07) is 6.28. The van der Waals surface area contributed by atoms with E-state index in [4.69, 9.17) is 5.11 Å². The first-order valence-corrected chi connectivity index (χ1v) is 4.47. The van der Waals surface area contributed by atoms with E-state index < -0.39 is 0 Å². The van der Waals surface area contributed by atoms with Crippen LogP contribution in [0, 0.1) is 6.92 Å². The van der Waals surface area contributed by atoms with Gasteiger partial charge in [-0.05, 0) is 30.0 Å². The fraction of sp³-hybridized carbons (Fsp3) is 0.455. The first-order chi connectivity index (χ1) is 5.77. The van der Waals surface area contributed by atoms with Gasteiger partial charge in [-0.1, -0.05) is 31.5 Å². The summed E-state index contributed by atoms with van der Waals surface area (Å²) in [4.78, 5) is 0. The molecule has 66 valence electrons. The standard InChI is InChI=1S/C11H16O/c1-3-4-10-5-6-11(8-12)9(2)7-10/h5-7,12H,3-4,8H2,1-2H3. The van der Waals surface area contributed by atoms with Crippen molar-refractivity contribution in [1.82, 2.24) is 0 Å². The summed E-state index contributed by atoms with van der Waals surface area (Å²) in [5.41, 5.74) is 3.60. The molecule has 0 aliphatic rings. The summed E-state index contributed by atoms with van der Waals surface area (Å²) < 4.78 is 0. The second kappa shape index (κ2) is 4.27. The molecule has 1 N–H and O–H groups in total. The van der Waals surface area contributed by atoms with Crippen LogP contribution in [-0.4, -0.2) is 5.11 Å². The number of aliphatic hydroxyl groups excluding tert-OH is 1. The minimum absolute atomic E-state index is 0.151. The highest BCUT2D eigenvalue weighted by molar-refractivity contribution is 5.30. The average Bonchev–Trinajstić information content (AvgIpc) is 2.05. The number of hydrogen-bond acceptors (Lipinski definition) is 1. The third kappa shape index (κ3) is 2.08. The summed E-state index contributed by atoms with van der Waals surface area (Å²) >= 11 is 0. The highest BCUT2D eigenvalue weighted by atomic mass is 16.3. The fourth-order valence-electron chi connectivity index (χ4n) is 1.38. The molecule has 0 heterocycles. The van der Waals surface area contributed by atoms with E-state index in [9.17, 15) is 0 Å². The Morgan fingerprint density at radius 1 is 1.33 bits per heavy atom. The van der Waals surface area contributed by atoms with Gasteiger partial charge >= 0.3 is 0 Å². The summed E-state index contributed by atoms with van der Waals surface area (Å²) in [6.45, 7) is 4.37. The van der Waals surface area contributed by atoms with E-state index in [1.165, 1.54) is 17.5 Å². The molecular weight excluding hydrogens is 148 g/mol. The van der Waals surface area contributed by atoms with Gasteiger partial charge in [0.05, 0.1) is 6.61 Å².